The molecule has 0 unspecified atom stereocenters. The quantitative estimate of drug-likeness (QED) is 0.755. The lowest BCUT2D eigenvalue weighted by atomic mass is 10.1. The second-order valence-electron chi connectivity index (χ2n) is 6.63. The van der Waals surface area contributed by atoms with E-state index in [2.05, 4.69) is 15.1 Å². The highest BCUT2D eigenvalue weighted by Gasteiger charge is 2.25. The number of amides is 1. The fourth-order valence-electron chi connectivity index (χ4n) is 3.34. The lowest BCUT2D eigenvalue weighted by Crippen LogP contribution is -2.49. The van der Waals surface area contributed by atoms with E-state index in [1.54, 1.807) is 24.1 Å². The Bertz CT molecular complexity index is 963. The van der Waals surface area contributed by atoms with Gasteiger partial charge in [0.2, 0.25) is 0 Å². The van der Waals surface area contributed by atoms with Crippen LogP contribution in [-0.4, -0.2) is 54.3 Å². The van der Waals surface area contributed by atoms with Gasteiger partial charge in [0, 0.05) is 32.2 Å². The second-order valence-corrected chi connectivity index (χ2v) is 6.63. The molecule has 3 aromatic rings. The number of H-pyrrole nitrogens is 1. The van der Waals surface area contributed by atoms with E-state index in [1.807, 2.05) is 30.3 Å². The summed E-state index contributed by atoms with van der Waals surface area (Å²) in [6, 6.07) is 15.9. The van der Waals surface area contributed by atoms with Gasteiger partial charge in [-0.1, -0.05) is 12.1 Å². The van der Waals surface area contributed by atoms with Gasteiger partial charge >= 0.3 is 0 Å². The van der Waals surface area contributed by atoms with Gasteiger partial charge in [0.25, 0.3) is 5.91 Å². The van der Waals surface area contributed by atoms with Gasteiger partial charge in [0.1, 0.15) is 11.6 Å². The van der Waals surface area contributed by atoms with Gasteiger partial charge in [0.05, 0.1) is 18.4 Å². The number of anilines is 1. The molecule has 1 aliphatic rings. The standard InChI is InChI=1S/C21H21FN4O2/c1-28-16-8-6-15(7-9-16)19-14-20(24-23-19)25-10-12-26(13-11-25)21(27)17-4-2-3-5-18(17)22/h2-9,14H,10-13H2,1H3,(H,23,24). The van der Waals surface area contributed by atoms with Crippen LogP contribution in [0.25, 0.3) is 11.3 Å². The minimum absolute atomic E-state index is 0.123. The first-order valence-electron chi connectivity index (χ1n) is 9.14. The Morgan fingerprint density at radius 2 is 1.79 bits per heavy atom. The van der Waals surface area contributed by atoms with Crippen molar-refractivity contribution in [2.45, 2.75) is 0 Å². The number of aromatic amines is 1. The van der Waals surface area contributed by atoms with Gasteiger partial charge < -0.3 is 14.5 Å². The number of rotatable bonds is 4. The molecule has 1 fully saturated rings. The van der Waals surface area contributed by atoms with E-state index in [0.717, 1.165) is 22.8 Å². The summed E-state index contributed by atoms with van der Waals surface area (Å²) < 4.78 is 19.1. The number of piperazine rings is 1. The van der Waals surface area contributed by atoms with E-state index >= 15 is 0 Å². The average Bonchev–Trinajstić information content (AvgIpc) is 3.24. The molecule has 1 amide bonds. The Labute approximate surface area is 162 Å². The van der Waals surface area contributed by atoms with Crippen molar-refractivity contribution in [3.63, 3.8) is 0 Å². The fourth-order valence-corrected chi connectivity index (χ4v) is 3.34. The van der Waals surface area contributed by atoms with Crippen LogP contribution in [0.15, 0.2) is 54.6 Å². The molecule has 6 nitrogen and oxygen atoms in total. The summed E-state index contributed by atoms with van der Waals surface area (Å²) in [5.74, 6) is 0.896. The molecule has 0 radical (unpaired) electrons. The van der Waals surface area contributed by atoms with Crippen LogP contribution in [0, 0.1) is 5.82 Å². The maximum Gasteiger partial charge on any atom is 0.256 e. The van der Waals surface area contributed by atoms with Crippen LogP contribution in [0.4, 0.5) is 10.2 Å². The highest BCUT2D eigenvalue weighted by Crippen LogP contribution is 2.25. The fraction of sp³-hybridized carbons (Fsp3) is 0.238. The minimum Gasteiger partial charge on any atom is -0.497 e. The molecule has 7 heteroatoms. The molecule has 28 heavy (non-hydrogen) atoms. The number of methoxy groups -OCH3 is 1. The van der Waals surface area contributed by atoms with Crippen molar-refractivity contribution >= 4 is 11.7 Å². The van der Waals surface area contributed by atoms with E-state index in [1.165, 1.54) is 12.1 Å². The number of carbonyl (C=O) groups excluding carboxylic acids is 1. The third-order valence-corrected chi connectivity index (χ3v) is 4.96. The molecule has 1 N–H and O–H groups in total. The lowest BCUT2D eigenvalue weighted by molar-refractivity contribution is 0.0742. The minimum atomic E-state index is -0.480. The van der Waals surface area contributed by atoms with Crippen molar-refractivity contribution in [3.05, 3.63) is 66.0 Å². The highest BCUT2D eigenvalue weighted by atomic mass is 19.1. The normalized spacial score (nSPS) is 14.2. The van der Waals surface area contributed by atoms with Crippen molar-refractivity contribution in [3.8, 4) is 17.0 Å². The zero-order chi connectivity index (χ0) is 19.5. The first-order valence-corrected chi connectivity index (χ1v) is 9.14. The molecule has 1 saturated heterocycles. The molecular weight excluding hydrogens is 359 g/mol. The molecule has 2 aromatic carbocycles. The van der Waals surface area contributed by atoms with Crippen molar-refractivity contribution in [1.29, 1.82) is 0 Å². The monoisotopic (exact) mass is 380 g/mol. The van der Waals surface area contributed by atoms with Gasteiger partial charge in [-0.25, -0.2) is 4.39 Å². The first-order chi connectivity index (χ1) is 13.7. The van der Waals surface area contributed by atoms with Crippen LogP contribution in [0.5, 0.6) is 5.75 Å². The summed E-state index contributed by atoms with van der Waals surface area (Å²) >= 11 is 0. The summed E-state index contributed by atoms with van der Waals surface area (Å²) in [5.41, 5.74) is 2.06. The van der Waals surface area contributed by atoms with E-state index in [4.69, 9.17) is 4.74 Å². The Balaban J connectivity index is 1.41. The second kappa shape index (κ2) is 7.72. The zero-order valence-corrected chi connectivity index (χ0v) is 15.6. The van der Waals surface area contributed by atoms with E-state index in [0.29, 0.717) is 26.2 Å². The van der Waals surface area contributed by atoms with Gasteiger partial charge in [-0.05, 0) is 42.0 Å². The van der Waals surface area contributed by atoms with Gasteiger partial charge in [-0.15, -0.1) is 0 Å². The Kier molecular flexibility index (Phi) is 4.97. The number of hydrogen-bond donors (Lipinski definition) is 1. The predicted octanol–water partition coefficient (Wildman–Crippen LogP) is 3.19. The van der Waals surface area contributed by atoms with Crippen LogP contribution in [-0.2, 0) is 0 Å². The van der Waals surface area contributed by atoms with E-state index in [9.17, 15) is 9.18 Å². The average molecular weight is 380 g/mol. The summed E-state index contributed by atoms with van der Waals surface area (Å²) in [5, 5.41) is 7.47. The third kappa shape index (κ3) is 3.55. The molecule has 0 saturated carbocycles. The van der Waals surface area contributed by atoms with Gasteiger partial charge in [-0.3, -0.25) is 9.89 Å². The van der Waals surface area contributed by atoms with Gasteiger partial charge in [0.15, 0.2) is 5.82 Å². The van der Waals surface area contributed by atoms with Crippen LogP contribution in [0.1, 0.15) is 10.4 Å². The van der Waals surface area contributed by atoms with E-state index in [-0.39, 0.29) is 11.5 Å². The van der Waals surface area contributed by atoms with E-state index < -0.39 is 5.82 Å². The third-order valence-electron chi connectivity index (χ3n) is 4.96. The lowest BCUT2D eigenvalue weighted by Gasteiger charge is -2.34. The molecule has 0 bridgehead atoms. The highest BCUT2D eigenvalue weighted by molar-refractivity contribution is 5.94. The molecule has 0 atom stereocenters. The SMILES string of the molecule is COc1ccc(-c2cc(N3CCN(C(=O)c4ccccc4F)CC3)n[nH]2)cc1. The molecule has 1 aromatic heterocycles. The molecule has 144 valence electrons. The predicted molar refractivity (Wildman–Crippen MR) is 105 cm³/mol. The summed E-state index contributed by atoms with van der Waals surface area (Å²) in [4.78, 5) is 16.3. The smallest absolute Gasteiger partial charge is 0.256 e. The summed E-state index contributed by atoms with van der Waals surface area (Å²) in [6.45, 7) is 2.34. The van der Waals surface area contributed by atoms with Crippen molar-refractivity contribution in [2.24, 2.45) is 0 Å². The number of halogens is 1. The van der Waals surface area contributed by atoms with Crippen molar-refractivity contribution < 1.29 is 13.9 Å². The van der Waals surface area contributed by atoms with Crippen LogP contribution < -0.4 is 9.64 Å². The number of nitrogens with one attached hydrogen (secondary N) is 1. The number of benzene rings is 2. The summed E-state index contributed by atoms with van der Waals surface area (Å²) in [7, 11) is 1.64. The molecule has 2 heterocycles. The molecule has 0 spiro atoms. The van der Waals surface area contributed by atoms with Crippen LogP contribution >= 0.6 is 0 Å². The summed E-state index contributed by atoms with van der Waals surface area (Å²) in [6.07, 6.45) is 0. The van der Waals surface area contributed by atoms with Crippen molar-refractivity contribution in [1.82, 2.24) is 15.1 Å². The maximum absolute atomic E-state index is 13.9. The zero-order valence-electron chi connectivity index (χ0n) is 15.6. The topological polar surface area (TPSA) is 61.5 Å². The number of carbonyl (C=O) groups is 1. The first kappa shape index (κ1) is 18.0. The van der Waals surface area contributed by atoms with Gasteiger partial charge in [-0.2, -0.15) is 5.10 Å². The molecular formula is C21H21FN4O2. The Morgan fingerprint density at radius 1 is 1.07 bits per heavy atom. The van der Waals surface area contributed by atoms with Crippen LogP contribution in [0.2, 0.25) is 0 Å². The molecule has 0 aliphatic carbocycles. The molecule has 1 aliphatic heterocycles. The van der Waals surface area contributed by atoms with Crippen molar-refractivity contribution in [2.75, 3.05) is 38.2 Å². The number of ether oxygens (including phenoxy) is 1. The largest absolute Gasteiger partial charge is 0.497 e. The van der Waals surface area contributed by atoms with Crippen LogP contribution in [0.3, 0.4) is 0 Å². The number of aromatic nitrogens is 2. The maximum atomic E-state index is 13.9. The number of nitrogens with zero attached hydrogens (tertiary/aromatic N) is 3. The number of hydrogen-bond acceptors (Lipinski definition) is 4. The Hall–Kier alpha value is -3.35. The Morgan fingerprint density at radius 3 is 2.46 bits per heavy atom. The molecule has 4 rings (SSSR count).